The predicted octanol–water partition coefficient (Wildman–Crippen LogP) is 2.53. The van der Waals surface area contributed by atoms with Crippen LogP contribution in [-0.2, 0) is 4.84 Å². The van der Waals surface area contributed by atoms with Crippen molar-refractivity contribution in [1.82, 2.24) is 9.97 Å². The minimum absolute atomic E-state index is 0.305. The van der Waals surface area contributed by atoms with E-state index in [4.69, 9.17) is 9.57 Å². The van der Waals surface area contributed by atoms with Crippen LogP contribution in [0.25, 0.3) is 11.3 Å². The van der Waals surface area contributed by atoms with Gasteiger partial charge in [0, 0.05) is 17.2 Å². The van der Waals surface area contributed by atoms with Gasteiger partial charge < -0.3 is 9.57 Å². The van der Waals surface area contributed by atoms with Crippen LogP contribution in [0.5, 0.6) is 5.88 Å². The third-order valence-corrected chi connectivity index (χ3v) is 2.64. The Labute approximate surface area is 123 Å². The van der Waals surface area contributed by atoms with Gasteiger partial charge >= 0.3 is 0 Å². The fourth-order valence-electron chi connectivity index (χ4n) is 1.70. The van der Waals surface area contributed by atoms with Gasteiger partial charge in [0.15, 0.2) is 6.61 Å². The molecule has 1 aromatic carbocycles. The first kappa shape index (κ1) is 14.5. The van der Waals surface area contributed by atoms with Crippen LogP contribution in [-0.4, -0.2) is 29.9 Å². The van der Waals surface area contributed by atoms with Crippen molar-refractivity contribution in [1.29, 1.82) is 0 Å². The molecule has 0 saturated carbocycles. The van der Waals surface area contributed by atoms with E-state index in [0.29, 0.717) is 12.5 Å². The van der Waals surface area contributed by atoms with Crippen molar-refractivity contribution in [2.75, 3.05) is 13.7 Å². The van der Waals surface area contributed by atoms with E-state index in [1.807, 2.05) is 24.3 Å². The third kappa shape index (κ3) is 4.05. The van der Waals surface area contributed by atoms with Gasteiger partial charge in [0.2, 0.25) is 5.88 Å². The SMILES string of the molecule is CC#CCOc1cc(-c2ccccc2C=NOC)ncn1. The molecule has 5 heteroatoms. The summed E-state index contributed by atoms with van der Waals surface area (Å²) in [5.74, 6) is 6.08. The molecule has 5 nitrogen and oxygen atoms in total. The predicted molar refractivity (Wildman–Crippen MR) is 81.0 cm³/mol. The maximum Gasteiger partial charge on any atom is 0.217 e. The Morgan fingerprint density at radius 3 is 2.95 bits per heavy atom. The molecule has 0 aliphatic heterocycles. The Kier molecular flexibility index (Phi) is 5.30. The van der Waals surface area contributed by atoms with E-state index in [0.717, 1.165) is 16.8 Å². The Morgan fingerprint density at radius 2 is 2.14 bits per heavy atom. The Hall–Kier alpha value is -2.87. The minimum atomic E-state index is 0.305. The number of oxime groups is 1. The molecule has 0 unspecified atom stereocenters. The first-order valence-electron chi connectivity index (χ1n) is 6.35. The second-order valence-electron chi connectivity index (χ2n) is 3.96. The standard InChI is InChI=1S/C16H15N3O2/c1-3-4-9-21-16-10-15(17-12-18-16)14-8-6-5-7-13(14)11-19-20-2/h5-8,10-12H,9H2,1-2H3. The molecule has 1 heterocycles. The molecule has 2 aromatic rings. The van der Waals surface area contributed by atoms with Crippen LogP contribution in [0.4, 0.5) is 0 Å². The summed E-state index contributed by atoms with van der Waals surface area (Å²) >= 11 is 0. The molecule has 0 saturated heterocycles. The van der Waals surface area contributed by atoms with Gasteiger partial charge in [0.25, 0.3) is 0 Å². The summed E-state index contributed by atoms with van der Waals surface area (Å²) < 4.78 is 5.45. The van der Waals surface area contributed by atoms with Crippen molar-refractivity contribution in [3.63, 3.8) is 0 Å². The largest absolute Gasteiger partial charge is 0.464 e. The van der Waals surface area contributed by atoms with Crippen molar-refractivity contribution in [2.45, 2.75) is 6.92 Å². The van der Waals surface area contributed by atoms with Gasteiger partial charge in [-0.25, -0.2) is 9.97 Å². The van der Waals surface area contributed by atoms with Crippen molar-refractivity contribution < 1.29 is 9.57 Å². The monoisotopic (exact) mass is 281 g/mol. The highest BCUT2D eigenvalue weighted by Gasteiger charge is 2.06. The van der Waals surface area contributed by atoms with Crippen LogP contribution >= 0.6 is 0 Å². The van der Waals surface area contributed by atoms with Crippen LogP contribution in [0.2, 0.25) is 0 Å². The fourth-order valence-corrected chi connectivity index (χ4v) is 1.70. The second kappa shape index (κ2) is 7.65. The molecule has 0 bridgehead atoms. The zero-order valence-corrected chi connectivity index (χ0v) is 11.9. The normalized spacial score (nSPS) is 10.0. The van der Waals surface area contributed by atoms with Gasteiger partial charge in [-0.2, -0.15) is 0 Å². The lowest BCUT2D eigenvalue weighted by Crippen LogP contribution is -1.98. The van der Waals surface area contributed by atoms with Gasteiger partial charge in [-0.1, -0.05) is 35.3 Å². The highest BCUT2D eigenvalue weighted by Crippen LogP contribution is 2.22. The molecule has 0 aliphatic carbocycles. The Morgan fingerprint density at radius 1 is 1.29 bits per heavy atom. The Balaban J connectivity index is 2.31. The topological polar surface area (TPSA) is 56.6 Å². The van der Waals surface area contributed by atoms with Gasteiger partial charge in [-0.3, -0.25) is 0 Å². The number of rotatable bonds is 5. The number of nitrogens with zero attached hydrogens (tertiary/aromatic N) is 3. The van der Waals surface area contributed by atoms with Gasteiger partial charge in [0.1, 0.15) is 13.4 Å². The molecule has 106 valence electrons. The quantitative estimate of drug-likeness (QED) is 0.480. The molecule has 0 N–H and O–H groups in total. The van der Waals surface area contributed by atoms with Crippen molar-refractivity contribution in [3.8, 4) is 29.0 Å². The van der Waals surface area contributed by atoms with Crippen LogP contribution < -0.4 is 4.74 Å². The van der Waals surface area contributed by atoms with Crippen LogP contribution in [0.3, 0.4) is 0 Å². The highest BCUT2D eigenvalue weighted by molar-refractivity contribution is 5.89. The molecule has 1 aromatic heterocycles. The molecule has 2 rings (SSSR count). The summed E-state index contributed by atoms with van der Waals surface area (Å²) in [6.45, 7) is 2.07. The average Bonchev–Trinajstić information content (AvgIpc) is 2.54. The molecule has 0 spiro atoms. The first-order valence-corrected chi connectivity index (χ1v) is 6.35. The minimum Gasteiger partial charge on any atom is -0.464 e. The average molecular weight is 281 g/mol. The summed E-state index contributed by atoms with van der Waals surface area (Å²) in [6.07, 6.45) is 3.11. The Bertz CT molecular complexity index is 687. The van der Waals surface area contributed by atoms with E-state index in [2.05, 4.69) is 27.0 Å². The van der Waals surface area contributed by atoms with E-state index in [9.17, 15) is 0 Å². The zero-order chi connectivity index (χ0) is 14.9. The molecule has 21 heavy (non-hydrogen) atoms. The van der Waals surface area contributed by atoms with E-state index in [1.165, 1.54) is 13.4 Å². The van der Waals surface area contributed by atoms with Crippen LogP contribution in [0, 0.1) is 11.8 Å². The molecule has 0 radical (unpaired) electrons. The number of hydrogen-bond donors (Lipinski definition) is 0. The number of hydrogen-bond acceptors (Lipinski definition) is 5. The third-order valence-electron chi connectivity index (χ3n) is 2.64. The lowest BCUT2D eigenvalue weighted by Gasteiger charge is -2.06. The fraction of sp³-hybridized carbons (Fsp3) is 0.188. The number of aromatic nitrogens is 2. The summed E-state index contributed by atoms with van der Waals surface area (Å²) in [6, 6.07) is 9.52. The molecule has 0 aliphatic rings. The number of benzene rings is 1. The van der Waals surface area contributed by atoms with Crippen LogP contribution in [0.15, 0.2) is 41.8 Å². The van der Waals surface area contributed by atoms with Gasteiger partial charge in [0.05, 0.1) is 11.9 Å². The molecule has 0 amide bonds. The molecular weight excluding hydrogens is 266 g/mol. The second-order valence-corrected chi connectivity index (χ2v) is 3.96. The van der Waals surface area contributed by atoms with E-state index in [-0.39, 0.29) is 0 Å². The number of ether oxygens (including phenoxy) is 1. The van der Waals surface area contributed by atoms with Crippen molar-refractivity contribution in [2.24, 2.45) is 5.16 Å². The maximum atomic E-state index is 5.45. The zero-order valence-electron chi connectivity index (χ0n) is 11.9. The molecule has 0 fully saturated rings. The van der Waals surface area contributed by atoms with Gasteiger partial charge in [-0.15, -0.1) is 5.92 Å². The summed E-state index contributed by atoms with van der Waals surface area (Å²) in [7, 11) is 1.50. The summed E-state index contributed by atoms with van der Waals surface area (Å²) in [5.41, 5.74) is 2.58. The smallest absolute Gasteiger partial charge is 0.217 e. The van der Waals surface area contributed by atoms with Crippen molar-refractivity contribution >= 4 is 6.21 Å². The maximum absolute atomic E-state index is 5.45. The van der Waals surface area contributed by atoms with E-state index < -0.39 is 0 Å². The molecule has 0 atom stereocenters. The summed E-state index contributed by atoms with van der Waals surface area (Å²) in [4.78, 5) is 13.1. The highest BCUT2D eigenvalue weighted by atomic mass is 16.6. The van der Waals surface area contributed by atoms with E-state index >= 15 is 0 Å². The molecular formula is C16H15N3O2. The van der Waals surface area contributed by atoms with Crippen LogP contribution in [0.1, 0.15) is 12.5 Å². The van der Waals surface area contributed by atoms with Crippen molar-refractivity contribution in [3.05, 3.63) is 42.2 Å². The van der Waals surface area contributed by atoms with Gasteiger partial charge in [-0.05, 0) is 6.92 Å². The lowest BCUT2D eigenvalue weighted by atomic mass is 10.1. The first-order chi connectivity index (χ1) is 10.3. The van der Waals surface area contributed by atoms with E-state index in [1.54, 1.807) is 19.2 Å². The summed E-state index contributed by atoms with van der Waals surface area (Å²) in [5, 5.41) is 3.79. The lowest BCUT2D eigenvalue weighted by molar-refractivity contribution is 0.215.